The van der Waals surface area contributed by atoms with Gasteiger partial charge in [0.2, 0.25) is 0 Å². The molecule has 27 heavy (non-hydrogen) atoms. The van der Waals surface area contributed by atoms with Crippen molar-refractivity contribution in [3.63, 3.8) is 0 Å². The molecule has 152 valence electrons. The van der Waals surface area contributed by atoms with Gasteiger partial charge in [-0.2, -0.15) is 0 Å². The van der Waals surface area contributed by atoms with Crippen molar-refractivity contribution in [1.82, 2.24) is 4.31 Å². The quantitative estimate of drug-likeness (QED) is 0.352. The minimum absolute atomic E-state index is 0.0520. The van der Waals surface area contributed by atoms with E-state index in [1.54, 1.807) is 50.3 Å². The first kappa shape index (κ1) is 23.6. The van der Waals surface area contributed by atoms with Gasteiger partial charge in [0.1, 0.15) is 5.44 Å². The molecule has 0 aromatic heterocycles. The lowest BCUT2D eigenvalue weighted by atomic mass is 10.2. The van der Waals surface area contributed by atoms with Gasteiger partial charge in [-0.25, -0.2) is 8.42 Å². The van der Waals surface area contributed by atoms with Gasteiger partial charge in [-0.1, -0.05) is 36.8 Å². The first-order valence-corrected chi connectivity index (χ1v) is 12.0. The fourth-order valence-electron chi connectivity index (χ4n) is 2.45. The molecule has 0 aliphatic carbocycles. The van der Waals surface area contributed by atoms with Gasteiger partial charge < -0.3 is 9.05 Å². The molecule has 0 bridgehead atoms. The van der Waals surface area contributed by atoms with Crippen molar-refractivity contribution < 1.29 is 22.0 Å². The number of nitrogens with zero attached hydrogens (tertiary/aromatic N) is 1. The van der Waals surface area contributed by atoms with Crippen LogP contribution in [0, 0.1) is 6.92 Å². The molecule has 6 nitrogen and oxygen atoms in total. The molecule has 0 radical (unpaired) electrons. The molecule has 0 aliphatic rings. The van der Waals surface area contributed by atoms with Crippen LogP contribution in [0.3, 0.4) is 0 Å². The van der Waals surface area contributed by atoms with Crippen LogP contribution in [0.15, 0.2) is 53.3 Å². The smallest absolute Gasteiger partial charge is 0.304 e. The average molecular weight is 415 g/mol. The summed E-state index contributed by atoms with van der Waals surface area (Å²) in [6, 6.07) is 6.54. The fraction of sp³-hybridized carbons (Fsp3) is 0.474. The van der Waals surface area contributed by atoms with Crippen molar-refractivity contribution in [2.75, 3.05) is 19.8 Å². The molecule has 0 heterocycles. The summed E-state index contributed by atoms with van der Waals surface area (Å²) in [5, 5.41) is 0. The van der Waals surface area contributed by atoms with E-state index >= 15 is 0 Å². The third-order valence-corrected chi connectivity index (χ3v) is 7.81. The van der Waals surface area contributed by atoms with E-state index in [-0.39, 0.29) is 30.1 Å². The van der Waals surface area contributed by atoms with Gasteiger partial charge in [0.25, 0.3) is 10.0 Å². The highest BCUT2D eigenvalue weighted by atomic mass is 32.2. The normalized spacial score (nSPS) is 12.8. The zero-order chi connectivity index (χ0) is 20.5. The molecule has 1 aromatic carbocycles. The number of aryl methyl sites for hydroxylation is 1. The number of sulfonamides is 1. The molecule has 0 N–H and O–H groups in total. The molecular formula is C19H30NO5PS. The second-order valence-corrected chi connectivity index (χ2v) is 9.60. The van der Waals surface area contributed by atoms with Crippen LogP contribution in [0.2, 0.25) is 0 Å². The summed E-state index contributed by atoms with van der Waals surface area (Å²) in [6.45, 7) is 11.1. The van der Waals surface area contributed by atoms with Crippen molar-refractivity contribution in [1.29, 1.82) is 0 Å². The highest BCUT2D eigenvalue weighted by Crippen LogP contribution is 2.58. The van der Waals surface area contributed by atoms with Crippen molar-refractivity contribution in [2.24, 2.45) is 0 Å². The van der Waals surface area contributed by atoms with E-state index in [9.17, 15) is 13.0 Å². The van der Waals surface area contributed by atoms with Crippen molar-refractivity contribution in [3.8, 4) is 0 Å². The second-order valence-electron chi connectivity index (χ2n) is 5.77. The molecule has 0 spiro atoms. The Labute approximate surface area is 163 Å². The van der Waals surface area contributed by atoms with E-state index in [1.807, 2.05) is 13.8 Å². The third kappa shape index (κ3) is 6.04. The fourth-order valence-corrected chi connectivity index (χ4v) is 6.27. The van der Waals surface area contributed by atoms with Crippen LogP contribution in [0.25, 0.3) is 0 Å². The molecule has 0 saturated heterocycles. The van der Waals surface area contributed by atoms with Crippen LogP contribution in [0.4, 0.5) is 0 Å². The Morgan fingerprint density at radius 3 is 2.15 bits per heavy atom. The highest BCUT2D eigenvalue weighted by molar-refractivity contribution is 7.89. The van der Waals surface area contributed by atoms with E-state index < -0.39 is 17.6 Å². The Kier molecular flexibility index (Phi) is 9.47. The molecule has 0 unspecified atom stereocenters. The minimum atomic E-state index is -3.95. The summed E-state index contributed by atoms with van der Waals surface area (Å²) in [6.07, 6.45) is 4.09. The van der Waals surface area contributed by atoms with Crippen LogP contribution in [-0.2, 0) is 23.6 Å². The number of rotatable bonds is 12. The van der Waals surface area contributed by atoms with Gasteiger partial charge in [0.05, 0.1) is 18.1 Å². The molecule has 1 aromatic rings. The molecule has 8 heteroatoms. The van der Waals surface area contributed by atoms with Crippen molar-refractivity contribution >= 4 is 17.6 Å². The maximum Gasteiger partial charge on any atom is 0.377 e. The largest absolute Gasteiger partial charge is 0.377 e. The Morgan fingerprint density at radius 2 is 1.70 bits per heavy atom. The van der Waals surface area contributed by atoms with Crippen molar-refractivity contribution in [3.05, 3.63) is 54.0 Å². The van der Waals surface area contributed by atoms with E-state index in [0.717, 1.165) is 9.87 Å². The maximum absolute atomic E-state index is 13.4. The lowest BCUT2D eigenvalue weighted by Gasteiger charge is -2.30. The Balaban J connectivity index is 3.56. The summed E-state index contributed by atoms with van der Waals surface area (Å²) in [5.41, 5.74) is 1.00. The van der Waals surface area contributed by atoms with Gasteiger partial charge in [-0.15, -0.1) is 6.58 Å². The Morgan fingerprint density at radius 1 is 1.15 bits per heavy atom. The van der Waals surface area contributed by atoms with Gasteiger partial charge in [-0.3, -0.25) is 8.87 Å². The summed E-state index contributed by atoms with van der Waals surface area (Å²) >= 11 is 0. The topological polar surface area (TPSA) is 72.9 Å². The SMILES string of the molecule is C=CCCN(/C(=C/CC)P(=O)(OCC)OCC)S(=O)(=O)c1ccc(C)cc1. The summed E-state index contributed by atoms with van der Waals surface area (Å²) in [5.74, 6) is 0. The second kappa shape index (κ2) is 10.8. The molecule has 1 rings (SSSR count). The Hall–Kier alpha value is -1.40. The van der Waals surface area contributed by atoms with Gasteiger partial charge in [-0.05, 0) is 45.7 Å². The van der Waals surface area contributed by atoms with Gasteiger partial charge in [0, 0.05) is 6.54 Å². The predicted octanol–water partition coefficient (Wildman–Crippen LogP) is 5.08. The lowest BCUT2D eigenvalue weighted by molar-refractivity contribution is 0.220. The number of allylic oxidation sites excluding steroid dienone is 1. The van der Waals surface area contributed by atoms with E-state index in [2.05, 4.69) is 6.58 Å². The number of hydrogen-bond donors (Lipinski definition) is 0. The van der Waals surface area contributed by atoms with Crippen LogP contribution < -0.4 is 0 Å². The van der Waals surface area contributed by atoms with E-state index in [4.69, 9.17) is 9.05 Å². The van der Waals surface area contributed by atoms with E-state index in [0.29, 0.717) is 12.8 Å². The molecule has 0 aliphatic heterocycles. The summed E-state index contributed by atoms with van der Waals surface area (Å²) in [7, 11) is -7.74. The standard InChI is InChI=1S/C19H30NO5PS/c1-6-10-16-20(27(22,23)18-14-12-17(5)13-15-18)19(11-7-2)26(21,24-8-3)25-9-4/h6,11-15H,1,7-10,16H2,2-5H3/b19-11-. The van der Waals surface area contributed by atoms with Gasteiger partial charge >= 0.3 is 7.60 Å². The third-order valence-electron chi connectivity index (χ3n) is 3.67. The Bertz CT molecular complexity index is 777. The average Bonchev–Trinajstić information content (AvgIpc) is 2.61. The molecular weight excluding hydrogens is 385 g/mol. The zero-order valence-electron chi connectivity index (χ0n) is 16.6. The van der Waals surface area contributed by atoms with Crippen LogP contribution in [0.1, 0.15) is 39.2 Å². The monoisotopic (exact) mass is 415 g/mol. The predicted molar refractivity (Wildman–Crippen MR) is 109 cm³/mol. The lowest BCUT2D eigenvalue weighted by Crippen LogP contribution is -2.32. The molecule has 0 fully saturated rings. The van der Waals surface area contributed by atoms with Crippen LogP contribution in [0.5, 0.6) is 0 Å². The molecule has 0 amide bonds. The first-order chi connectivity index (χ1) is 12.8. The maximum atomic E-state index is 13.4. The van der Waals surface area contributed by atoms with Gasteiger partial charge in [0.15, 0.2) is 0 Å². The molecule has 0 atom stereocenters. The van der Waals surface area contributed by atoms with Crippen molar-refractivity contribution in [2.45, 2.75) is 45.4 Å². The first-order valence-electron chi connectivity index (χ1n) is 9.06. The number of benzene rings is 1. The molecule has 0 saturated carbocycles. The summed E-state index contributed by atoms with van der Waals surface area (Å²) < 4.78 is 52.1. The van der Waals surface area contributed by atoms with Crippen LogP contribution >= 0.6 is 7.60 Å². The minimum Gasteiger partial charge on any atom is -0.304 e. The summed E-state index contributed by atoms with van der Waals surface area (Å²) in [4.78, 5) is 0.124. The number of hydrogen-bond acceptors (Lipinski definition) is 5. The zero-order valence-corrected chi connectivity index (χ0v) is 18.3. The van der Waals surface area contributed by atoms with E-state index in [1.165, 1.54) is 0 Å². The van der Waals surface area contributed by atoms with Crippen LogP contribution in [-0.4, -0.2) is 32.5 Å². The highest BCUT2D eigenvalue weighted by Gasteiger charge is 2.39.